The molecule has 4 aromatic rings. The van der Waals surface area contributed by atoms with Gasteiger partial charge in [-0.15, -0.1) is 0 Å². The fraction of sp³-hybridized carbons (Fsp3) is 0.263. The molecule has 0 atom stereocenters. The van der Waals surface area contributed by atoms with Crippen molar-refractivity contribution in [2.45, 2.75) is 45.4 Å². The third kappa shape index (κ3) is 8.78. The van der Waals surface area contributed by atoms with Gasteiger partial charge in [-0.3, -0.25) is 0 Å². The smallest absolute Gasteiger partial charge is 0.139 e. The number of aromatic nitrogens is 2. The monoisotopic (exact) mass is 639 g/mol. The molecule has 7 heteroatoms. The van der Waals surface area contributed by atoms with Gasteiger partial charge in [-0.2, -0.15) is 0 Å². The van der Waals surface area contributed by atoms with Crippen LogP contribution >= 0.6 is 23.2 Å². The minimum absolute atomic E-state index is 0.262. The second-order valence-electron chi connectivity index (χ2n) is 11.3. The van der Waals surface area contributed by atoms with Gasteiger partial charge in [0.15, 0.2) is 0 Å². The Morgan fingerprint density at radius 2 is 1.67 bits per heavy atom. The van der Waals surface area contributed by atoms with E-state index in [4.69, 9.17) is 32.9 Å². The molecule has 5 nitrogen and oxygen atoms in total. The summed E-state index contributed by atoms with van der Waals surface area (Å²) in [4.78, 5) is 15.8. The molecule has 45 heavy (non-hydrogen) atoms. The highest BCUT2D eigenvalue weighted by Crippen LogP contribution is 2.30. The molecule has 5 rings (SSSR count). The predicted molar refractivity (Wildman–Crippen MR) is 187 cm³/mol. The van der Waals surface area contributed by atoms with E-state index < -0.39 is 0 Å². The van der Waals surface area contributed by atoms with Crippen molar-refractivity contribution in [2.75, 3.05) is 18.5 Å². The Balaban J connectivity index is 1.36. The van der Waals surface area contributed by atoms with Gasteiger partial charge in [0, 0.05) is 40.1 Å². The van der Waals surface area contributed by atoms with Gasteiger partial charge in [-0.25, -0.2) is 4.98 Å². The number of benzene rings is 3. The first-order valence-corrected chi connectivity index (χ1v) is 16.4. The number of imidazole rings is 1. The summed E-state index contributed by atoms with van der Waals surface area (Å²) in [5.74, 6) is 2.49. The Labute approximate surface area is 276 Å². The first kappa shape index (κ1) is 32.3. The van der Waals surface area contributed by atoms with E-state index >= 15 is 0 Å². The summed E-state index contributed by atoms with van der Waals surface area (Å²) < 4.78 is 8.18. The van der Waals surface area contributed by atoms with Gasteiger partial charge < -0.3 is 19.4 Å². The molecule has 1 saturated carbocycles. The summed E-state index contributed by atoms with van der Waals surface area (Å²) >= 11 is 12.4. The molecule has 0 unspecified atom stereocenters. The van der Waals surface area contributed by atoms with Crippen LogP contribution in [0.2, 0.25) is 0 Å². The van der Waals surface area contributed by atoms with E-state index in [9.17, 15) is 4.79 Å². The van der Waals surface area contributed by atoms with E-state index in [1.54, 1.807) is 6.08 Å². The van der Waals surface area contributed by atoms with Crippen LogP contribution in [-0.4, -0.2) is 29.0 Å². The highest BCUT2D eigenvalue weighted by Gasteiger charge is 2.16. The highest BCUT2D eigenvalue weighted by molar-refractivity contribution is 6.37. The SMILES string of the molecule is C\C=C(Cl)/C(=C\C=C\Cl)c1cn(-c2ccc(NCC=O)cc2)c(Cc2ccc(-c3ccc(OCC4CCCCC4)cc3)cc2)n1. The fourth-order valence-electron chi connectivity index (χ4n) is 5.68. The second kappa shape index (κ2) is 16.3. The lowest BCUT2D eigenvalue weighted by molar-refractivity contribution is -0.106. The Bertz CT molecular complexity index is 1630. The minimum atomic E-state index is 0.262. The Hall–Kier alpha value is -4.06. The maximum absolute atomic E-state index is 10.8. The number of rotatable bonds is 13. The molecule has 0 amide bonds. The zero-order valence-electron chi connectivity index (χ0n) is 25.6. The molecule has 1 heterocycles. The van der Waals surface area contributed by atoms with E-state index in [2.05, 4.69) is 58.4 Å². The van der Waals surface area contributed by atoms with Gasteiger partial charge >= 0.3 is 0 Å². The quantitative estimate of drug-likeness (QED) is 0.117. The van der Waals surface area contributed by atoms with E-state index in [0.717, 1.165) is 63.8 Å². The zero-order valence-corrected chi connectivity index (χ0v) is 27.1. The Kier molecular flexibility index (Phi) is 11.7. The minimum Gasteiger partial charge on any atom is -0.493 e. The van der Waals surface area contributed by atoms with Crippen LogP contribution in [0.3, 0.4) is 0 Å². The average Bonchev–Trinajstić information content (AvgIpc) is 3.50. The predicted octanol–water partition coefficient (Wildman–Crippen LogP) is 9.98. The average molecular weight is 641 g/mol. The first-order chi connectivity index (χ1) is 22.1. The maximum atomic E-state index is 10.8. The third-order valence-electron chi connectivity index (χ3n) is 8.15. The van der Waals surface area contributed by atoms with Crippen LogP contribution in [0.5, 0.6) is 5.75 Å². The Morgan fingerprint density at radius 1 is 0.978 bits per heavy atom. The summed E-state index contributed by atoms with van der Waals surface area (Å²) in [6.45, 7) is 2.97. The summed E-state index contributed by atoms with van der Waals surface area (Å²) in [5, 5.41) is 3.67. The molecule has 1 N–H and O–H groups in total. The number of hydrogen-bond acceptors (Lipinski definition) is 4. The molecular weight excluding hydrogens is 601 g/mol. The lowest BCUT2D eigenvalue weighted by Crippen LogP contribution is -2.15. The van der Waals surface area contributed by atoms with Crippen LogP contribution in [-0.2, 0) is 11.2 Å². The van der Waals surface area contributed by atoms with Gasteiger partial charge in [-0.1, -0.05) is 97.1 Å². The molecule has 0 spiro atoms. The van der Waals surface area contributed by atoms with E-state index in [0.29, 0.717) is 17.4 Å². The lowest BCUT2D eigenvalue weighted by Gasteiger charge is -2.21. The van der Waals surface area contributed by atoms with Crippen molar-refractivity contribution in [1.29, 1.82) is 0 Å². The number of halogens is 2. The number of carbonyl (C=O) groups is 1. The van der Waals surface area contributed by atoms with E-state index in [1.165, 1.54) is 37.6 Å². The van der Waals surface area contributed by atoms with Crippen LogP contribution in [0.4, 0.5) is 5.69 Å². The zero-order chi connectivity index (χ0) is 31.4. The second-order valence-corrected chi connectivity index (χ2v) is 11.9. The fourth-order valence-corrected chi connectivity index (χ4v) is 5.91. The van der Waals surface area contributed by atoms with Crippen molar-refractivity contribution in [2.24, 2.45) is 5.92 Å². The highest BCUT2D eigenvalue weighted by atomic mass is 35.5. The number of nitrogens with one attached hydrogen (secondary N) is 1. The number of ether oxygens (including phenoxy) is 1. The molecule has 3 aromatic carbocycles. The standard InChI is InChI=1S/C38H39Cl2N3O2/c1-2-36(40)35(9-6-22-39)37-26-43(33-18-16-32(17-19-33)41-23-24-44)38(42-37)25-28-10-12-30(13-11-28)31-14-20-34(21-15-31)45-27-29-7-4-3-5-8-29/h2,6,9-22,24,26,29,41H,3-5,7-8,23,25,27H2,1H3/b22-6+,35-9+,36-2+. The van der Waals surface area contributed by atoms with Gasteiger partial charge in [0.1, 0.15) is 17.9 Å². The van der Waals surface area contributed by atoms with Crippen LogP contribution in [0.1, 0.15) is 56.1 Å². The molecule has 232 valence electrons. The van der Waals surface area contributed by atoms with Crippen LogP contribution in [0.25, 0.3) is 22.4 Å². The number of nitrogens with zero attached hydrogens (tertiary/aromatic N) is 2. The largest absolute Gasteiger partial charge is 0.493 e. The topological polar surface area (TPSA) is 56.2 Å². The molecule has 0 bridgehead atoms. The van der Waals surface area contributed by atoms with Crippen molar-refractivity contribution < 1.29 is 9.53 Å². The molecule has 0 aliphatic heterocycles. The van der Waals surface area contributed by atoms with Crippen LogP contribution in [0, 0.1) is 5.92 Å². The number of carbonyl (C=O) groups excluding carboxylic acids is 1. The van der Waals surface area contributed by atoms with Crippen molar-refractivity contribution >= 4 is 40.7 Å². The van der Waals surface area contributed by atoms with Crippen molar-refractivity contribution in [3.63, 3.8) is 0 Å². The van der Waals surface area contributed by atoms with E-state index in [1.807, 2.05) is 49.5 Å². The lowest BCUT2D eigenvalue weighted by atomic mass is 9.90. The van der Waals surface area contributed by atoms with Gasteiger partial charge in [-0.05, 0) is 78.8 Å². The molecule has 1 aliphatic rings. The molecule has 0 radical (unpaired) electrons. The Morgan fingerprint density at radius 3 is 2.31 bits per heavy atom. The number of allylic oxidation sites excluding steroid dienone is 5. The van der Waals surface area contributed by atoms with Crippen molar-refractivity contribution in [1.82, 2.24) is 9.55 Å². The third-order valence-corrected chi connectivity index (χ3v) is 8.72. The maximum Gasteiger partial charge on any atom is 0.139 e. The van der Waals surface area contributed by atoms with Gasteiger partial charge in [0.25, 0.3) is 0 Å². The number of aldehydes is 1. The molecular formula is C38H39Cl2N3O2. The molecule has 1 aromatic heterocycles. The number of hydrogen-bond donors (Lipinski definition) is 1. The molecule has 0 saturated heterocycles. The normalized spacial score (nSPS) is 14.6. The van der Waals surface area contributed by atoms with Crippen LogP contribution in [0.15, 0.2) is 108 Å². The molecule has 1 fully saturated rings. The summed E-state index contributed by atoms with van der Waals surface area (Å²) in [5.41, 5.74) is 8.23. The summed E-state index contributed by atoms with van der Waals surface area (Å²) in [7, 11) is 0. The van der Waals surface area contributed by atoms with Crippen LogP contribution < -0.4 is 10.1 Å². The van der Waals surface area contributed by atoms with Crippen molar-refractivity contribution in [3.05, 3.63) is 125 Å². The molecule has 1 aliphatic carbocycles. The van der Waals surface area contributed by atoms with Gasteiger partial charge in [0.2, 0.25) is 0 Å². The number of anilines is 1. The summed E-state index contributed by atoms with van der Waals surface area (Å²) in [6, 6.07) is 24.9. The summed E-state index contributed by atoms with van der Waals surface area (Å²) in [6.07, 6.45) is 15.5. The van der Waals surface area contributed by atoms with Crippen molar-refractivity contribution in [3.8, 4) is 22.6 Å². The van der Waals surface area contributed by atoms with Gasteiger partial charge in [0.05, 0.1) is 18.8 Å². The van der Waals surface area contributed by atoms with E-state index in [-0.39, 0.29) is 6.54 Å². The first-order valence-electron chi connectivity index (χ1n) is 15.6.